The first kappa shape index (κ1) is 27.3. The molecule has 0 spiro atoms. The molecule has 1 aromatic carbocycles. The molecular weight excluding hydrogens is 487 g/mol. The van der Waals surface area contributed by atoms with E-state index in [0.29, 0.717) is 0 Å². The smallest absolute Gasteiger partial charge is 0.392 e. The van der Waals surface area contributed by atoms with Crippen molar-refractivity contribution in [3.63, 3.8) is 0 Å². The third-order valence-corrected chi connectivity index (χ3v) is 4.63. The predicted molar refractivity (Wildman–Crippen MR) is 119 cm³/mol. The first-order chi connectivity index (χ1) is 16.7. The van der Waals surface area contributed by atoms with E-state index >= 15 is 0 Å². The van der Waals surface area contributed by atoms with Crippen molar-refractivity contribution in [3.05, 3.63) is 39.4 Å². The number of benzene rings is 1. The molecule has 2 rings (SSSR count). The predicted octanol–water partition coefficient (Wildman–Crippen LogP) is 3.62. The van der Waals surface area contributed by atoms with Gasteiger partial charge in [0.05, 0.1) is 29.8 Å². The van der Waals surface area contributed by atoms with Crippen LogP contribution in [0.25, 0.3) is 0 Å². The summed E-state index contributed by atoms with van der Waals surface area (Å²) in [7, 11) is 0. The van der Waals surface area contributed by atoms with Gasteiger partial charge in [-0.1, -0.05) is 11.8 Å². The monoisotopic (exact) mass is 508 g/mol. The summed E-state index contributed by atoms with van der Waals surface area (Å²) in [5.41, 5.74) is -0.950. The van der Waals surface area contributed by atoms with Crippen LogP contribution in [0.1, 0.15) is 36.2 Å². The first-order valence-corrected chi connectivity index (χ1v) is 11.3. The number of ether oxygens (including phenoxy) is 4. The fourth-order valence-corrected chi connectivity index (χ4v) is 2.84. The molecule has 1 aromatic heterocycles. The number of carbonyl (C=O) groups excluding carboxylic acids is 2. The van der Waals surface area contributed by atoms with Crippen LogP contribution in [0.5, 0.6) is 17.5 Å². The van der Waals surface area contributed by atoms with E-state index in [4.69, 9.17) is 18.9 Å². The molecule has 35 heavy (non-hydrogen) atoms. The fraction of sp³-hybridized carbons (Fsp3) is 0.381. The molecule has 12 nitrogen and oxygen atoms in total. The maximum absolute atomic E-state index is 13.0. The van der Waals surface area contributed by atoms with Crippen LogP contribution in [0, 0.1) is 21.4 Å². The Morgan fingerprint density at radius 3 is 2.60 bits per heavy atom. The molecule has 0 aliphatic rings. The van der Waals surface area contributed by atoms with Gasteiger partial charge < -0.3 is 18.9 Å². The molecule has 1 heterocycles. The van der Waals surface area contributed by atoms with Crippen LogP contribution in [0.2, 0.25) is 0 Å². The van der Waals surface area contributed by atoms with Gasteiger partial charge in [0, 0.05) is 6.42 Å². The molecule has 2 aromatic rings. The van der Waals surface area contributed by atoms with Crippen molar-refractivity contribution in [2.24, 2.45) is 0 Å². The molecular formula is C21H21FN4O8S. The Hall–Kier alpha value is -3.99. The molecule has 186 valence electrons. The quantitative estimate of drug-likeness (QED) is 0.135. The SMILES string of the molecule is CCOC(=O)COc1nc(SC)nc(Oc2ccc(C#N)cc2C(=O)OCCC(C)F)c1[N+](=O)[O-]. The van der Waals surface area contributed by atoms with Crippen LogP contribution in [0.15, 0.2) is 23.4 Å². The zero-order valence-corrected chi connectivity index (χ0v) is 19.8. The number of nitriles is 1. The summed E-state index contributed by atoms with van der Waals surface area (Å²) in [6.07, 6.45) is 0.344. The summed E-state index contributed by atoms with van der Waals surface area (Å²) < 4.78 is 33.6. The highest BCUT2D eigenvalue weighted by Gasteiger charge is 2.30. The van der Waals surface area contributed by atoms with Gasteiger partial charge in [0.25, 0.3) is 0 Å². The normalized spacial score (nSPS) is 11.2. The van der Waals surface area contributed by atoms with E-state index in [9.17, 15) is 29.4 Å². The van der Waals surface area contributed by atoms with Crippen LogP contribution < -0.4 is 9.47 Å². The number of aromatic nitrogens is 2. The number of thioether (sulfide) groups is 1. The summed E-state index contributed by atoms with van der Waals surface area (Å²) in [5.74, 6) is -3.05. The van der Waals surface area contributed by atoms with E-state index < -0.39 is 47.1 Å². The van der Waals surface area contributed by atoms with Gasteiger partial charge in [0.15, 0.2) is 11.8 Å². The number of alkyl halides is 1. The van der Waals surface area contributed by atoms with Crippen LogP contribution >= 0.6 is 11.8 Å². The second-order valence-electron chi connectivity index (χ2n) is 6.65. The standard InChI is InChI=1S/C21H21FN4O8S/c1-4-31-16(27)11-33-18-17(26(29)30)19(25-21(24-18)35-3)34-15-6-5-13(10-23)9-14(15)20(28)32-8-7-12(2)22/h5-6,9,12H,4,7-8,11H2,1-3H3. The number of esters is 2. The summed E-state index contributed by atoms with van der Waals surface area (Å²) in [5, 5.41) is 21.0. The lowest BCUT2D eigenvalue weighted by Crippen LogP contribution is -2.16. The van der Waals surface area contributed by atoms with Crippen LogP contribution in [-0.2, 0) is 14.3 Å². The Morgan fingerprint density at radius 2 is 2.00 bits per heavy atom. The van der Waals surface area contributed by atoms with Gasteiger partial charge >= 0.3 is 29.4 Å². The van der Waals surface area contributed by atoms with Crippen LogP contribution in [-0.4, -0.2) is 59.1 Å². The van der Waals surface area contributed by atoms with Crippen molar-refractivity contribution in [1.82, 2.24) is 9.97 Å². The van der Waals surface area contributed by atoms with E-state index in [-0.39, 0.29) is 41.7 Å². The minimum Gasteiger partial charge on any atom is -0.463 e. The third kappa shape index (κ3) is 7.78. The summed E-state index contributed by atoms with van der Waals surface area (Å²) in [6.45, 7) is 2.09. The Kier molecular flexibility index (Phi) is 10.2. The number of rotatable bonds is 12. The molecule has 0 radical (unpaired) electrons. The highest BCUT2D eigenvalue weighted by Crippen LogP contribution is 2.39. The summed E-state index contributed by atoms with van der Waals surface area (Å²) in [4.78, 5) is 43.0. The summed E-state index contributed by atoms with van der Waals surface area (Å²) in [6, 6.07) is 5.57. The Balaban J connectivity index is 2.48. The van der Waals surface area contributed by atoms with Gasteiger partial charge in [0.2, 0.25) is 0 Å². The number of nitro groups is 1. The van der Waals surface area contributed by atoms with Crippen molar-refractivity contribution >= 4 is 29.4 Å². The molecule has 0 aliphatic carbocycles. The number of carbonyl (C=O) groups is 2. The van der Waals surface area contributed by atoms with E-state index in [1.807, 2.05) is 6.07 Å². The van der Waals surface area contributed by atoms with Crippen molar-refractivity contribution in [2.45, 2.75) is 31.6 Å². The van der Waals surface area contributed by atoms with E-state index in [1.54, 1.807) is 13.2 Å². The summed E-state index contributed by atoms with van der Waals surface area (Å²) >= 11 is 1.01. The first-order valence-electron chi connectivity index (χ1n) is 10.1. The van der Waals surface area contributed by atoms with E-state index in [2.05, 4.69) is 9.97 Å². The van der Waals surface area contributed by atoms with Crippen LogP contribution in [0.4, 0.5) is 10.1 Å². The molecule has 0 saturated carbocycles. The van der Waals surface area contributed by atoms with Gasteiger partial charge in [-0.3, -0.25) is 10.1 Å². The second kappa shape index (κ2) is 13.0. The van der Waals surface area contributed by atoms with Crippen LogP contribution in [0.3, 0.4) is 0 Å². The highest BCUT2D eigenvalue weighted by molar-refractivity contribution is 7.98. The maximum Gasteiger partial charge on any atom is 0.392 e. The lowest BCUT2D eigenvalue weighted by Gasteiger charge is -2.13. The molecule has 0 aliphatic heterocycles. The minimum atomic E-state index is -1.20. The number of halogens is 1. The second-order valence-corrected chi connectivity index (χ2v) is 7.42. The molecule has 0 bridgehead atoms. The number of hydrogen-bond acceptors (Lipinski definition) is 12. The van der Waals surface area contributed by atoms with E-state index in [0.717, 1.165) is 17.8 Å². The molecule has 0 amide bonds. The lowest BCUT2D eigenvalue weighted by atomic mass is 10.1. The molecule has 1 atom stereocenters. The Bertz CT molecular complexity index is 1140. The number of hydrogen-bond donors (Lipinski definition) is 0. The highest BCUT2D eigenvalue weighted by atomic mass is 32.2. The molecule has 0 N–H and O–H groups in total. The maximum atomic E-state index is 13.0. The minimum absolute atomic E-state index is 0.0131. The van der Waals surface area contributed by atoms with Gasteiger partial charge in [0.1, 0.15) is 17.5 Å². The van der Waals surface area contributed by atoms with Crippen molar-refractivity contribution < 1.29 is 37.9 Å². The molecule has 0 fully saturated rings. The number of nitrogens with zero attached hydrogens (tertiary/aromatic N) is 4. The third-order valence-electron chi connectivity index (χ3n) is 4.08. The average Bonchev–Trinajstić information content (AvgIpc) is 2.82. The largest absolute Gasteiger partial charge is 0.463 e. The zero-order valence-electron chi connectivity index (χ0n) is 19.0. The van der Waals surface area contributed by atoms with E-state index in [1.165, 1.54) is 19.1 Å². The molecule has 0 saturated heterocycles. The van der Waals surface area contributed by atoms with Crippen molar-refractivity contribution in [1.29, 1.82) is 5.26 Å². The molecule has 1 unspecified atom stereocenters. The van der Waals surface area contributed by atoms with Crippen molar-refractivity contribution in [2.75, 3.05) is 26.1 Å². The Labute approximate surface area is 203 Å². The van der Waals surface area contributed by atoms with Gasteiger partial charge in [-0.15, -0.1) is 0 Å². The lowest BCUT2D eigenvalue weighted by molar-refractivity contribution is -0.387. The Morgan fingerprint density at radius 1 is 1.29 bits per heavy atom. The zero-order chi connectivity index (χ0) is 26.0. The topological polar surface area (TPSA) is 164 Å². The van der Waals surface area contributed by atoms with Gasteiger partial charge in [-0.05, 0) is 38.3 Å². The van der Waals surface area contributed by atoms with Gasteiger partial charge in [-0.25, -0.2) is 14.0 Å². The molecule has 14 heteroatoms. The van der Waals surface area contributed by atoms with Gasteiger partial charge in [-0.2, -0.15) is 15.2 Å². The van der Waals surface area contributed by atoms with Crippen molar-refractivity contribution in [3.8, 4) is 23.6 Å². The average molecular weight is 508 g/mol. The fourth-order valence-electron chi connectivity index (χ4n) is 2.49.